The van der Waals surface area contributed by atoms with Crippen molar-refractivity contribution in [2.75, 3.05) is 19.8 Å². The van der Waals surface area contributed by atoms with E-state index in [9.17, 15) is 0 Å². The van der Waals surface area contributed by atoms with Crippen molar-refractivity contribution >= 4 is 0 Å². The van der Waals surface area contributed by atoms with Crippen LogP contribution in [0.5, 0.6) is 0 Å². The minimum absolute atomic E-state index is 0.00666. The molecule has 17 heavy (non-hydrogen) atoms. The Labute approximate surface area is 104 Å². The molecule has 0 aliphatic carbocycles. The van der Waals surface area contributed by atoms with E-state index in [1.165, 1.54) is 0 Å². The summed E-state index contributed by atoms with van der Waals surface area (Å²) >= 11 is 0. The third-order valence-electron chi connectivity index (χ3n) is 3.37. The lowest BCUT2D eigenvalue weighted by Gasteiger charge is -2.19. The summed E-state index contributed by atoms with van der Waals surface area (Å²) in [5.74, 6) is 0.0707. The molecule has 0 N–H and O–H groups in total. The van der Waals surface area contributed by atoms with Gasteiger partial charge in [0.2, 0.25) is 0 Å². The fraction of sp³-hybridized carbons (Fsp3) is 1.00. The quantitative estimate of drug-likeness (QED) is 0.743. The summed E-state index contributed by atoms with van der Waals surface area (Å²) in [4.78, 5) is 0. The highest BCUT2D eigenvalue weighted by atomic mass is 16.7. The van der Waals surface area contributed by atoms with Crippen molar-refractivity contribution in [2.24, 2.45) is 5.92 Å². The summed E-state index contributed by atoms with van der Waals surface area (Å²) in [6.45, 7) is 8.32. The van der Waals surface area contributed by atoms with Crippen LogP contribution in [0, 0.1) is 5.92 Å². The van der Waals surface area contributed by atoms with Crippen molar-refractivity contribution < 1.29 is 18.9 Å². The van der Waals surface area contributed by atoms with Gasteiger partial charge >= 0.3 is 0 Å². The Balaban J connectivity index is 1.59. The van der Waals surface area contributed by atoms with Gasteiger partial charge in [0.1, 0.15) is 0 Å². The minimum atomic E-state index is -0.395. The molecule has 0 aromatic heterocycles. The molecule has 2 rings (SSSR count). The topological polar surface area (TPSA) is 36.9 Å². The van der Waals surface area contributed by atoms with E-state index in [1.807, 2.05) is 13.8 Å². The molecule has 0 saturated carbocycles. The standard InChI is InChI=1S/C13H24O4/c1-10(12-14-7-8-15-12)5-4-6-11-9-16-13(2,3)17-11/h10-12H,4-9H2,1-3H3/t10?,11-/m0/s1. The summed E-state index contributed by atoms with van der Waals surface area (Å²) in [5, 5.41) is 0. The molecule has 2 heterocycles. The predicted octanol–water partition coefficient (Wildman–Crippen LogP) is 2.32. The second-order valence-electron chi connectivity index (χ2n) is 5.47. The van der Waals surface area contributed by atoms with E-state index >= 15 is 0 Å². The molecule has 2 saturated heterocycles. The first-order chi connectivity index (χ1) is 8.07. The fourth-order valence-corrected chi connectivity index (χ4v) is 2.41. The number of hydrogen-bond donors (Lipinski definition) is 0. The van der Waals surface area contributed by atoms with E-state index in [0.29, 0.717) is 5.92 Å². The van der Waals surface area contributed by atoms with Crippen LogP contribution in [0.15, 0.2) is 0 Å². The van der Waals surface area contributed by atoms with Crippen LogP contribution >= 0.6 is 0 Å². The lowest BCUT2D eigenvalue weighted by Crippen LogP contribution is -2.22. The Morgan fingerprint density at radius 2 is 1.94 bits per heavy atom. The molecule has 0 amide bonds. The predicted molar refractivity (Wildman–Crippen MR) is 63.6 cm³/mol. The summed E-state index contributed by atoms with van der Waals surface area (Å²) in [6.07, 6.45) is 3.56. The molecule has 2 atom stereocenters. The highest BCUT2D eigenvalue weighted by Gasteiger charge is 2.32. The molecular weight excluding hydrogens is 220 g/mol. The van der Waals surface area contributed by atoms with Crippen LogP contribution in [0.25, 0.3) is 0 Å². The Morgan fingerprint density at radius 3 is 2.53 bits per heavy atom. The fourth-order valence-electron chi connectivity index (χ4n) is 2.41. The Hall–Kier alpha value is -0.160. The summed E-state index contributed by atoms with van der Waals surface area (Å²) in [6, 6.07) is 0. The molecule has 2 aliphatic heterocycles. The van der Waals surface area contributed by atoms with E-state index in [2.05, 4.69) is 6.92 Å². The van der Waals surface area contributed by atoms with Gasteiger partial charge in [-0.2, -0.15) is 0 Å². The van der Waals surface area contributed by atoms with Crippen molar-refractivity contribution in [3.8, 4) is 0 Å². The van der Waals surface area contributed by atoms with Crippen molar-refractivity contribution in [2.45, 2.75) is 58.2 Å². The molecule has 4 nitrogen and oxygen atoms in total. The Kier molecular flexibility index (Phi) is 4.42. The van der Waals surface area contributed by atoms with Crippen LogP contribution in [0.2, 0.25) is 0 Å². The molecule has 0 aromatic rings. The molecule has 2 aliphatic rings. The van der Waals surface area contributed by atoms with Crippen molar-refractivity contribution in [1.29, 1.82) is 0 Å². The zero-order valence-electron chi connectivity index (χ0n) is 11.1. The summed E-state index contributed by atoms with van der Waals surface area (Å²) in [5.41, 5.74) is 0. The first kappa shape index (κ1) is 13.3. The van der Waals surface area contributed by atoms with E-state index in [0.717, 1.165) is 39.1 Å². The SMILES string of the molecule is CC(CCC[C@H]1COC(C)(C)O1)C1OCCO1. The van der Waals surface area contributed by atoms with Gasteiger partial charge in [0.25, 0.3) is 0 Å². The van der Waals surface area contributed by atoms with Gasteiger partial charge in [0, 0.05) is 5.92 Å². The first-order valence-corrected chi connectivity index (χ1v) is 6.62. The Bertz CT molecular complexity index is 234. The van der Waals surface area contributed by atoms with Crippen molar-refractivity contribution in [3.63, 3.8) is 0 Å². The van der Waals surface area contributed by atoms with Crippen LogP contribution in [-0.2, 0) is 18.9 Å². The molecule has 0 aromatic carbocycles. The van der Waals surface area contributed by atoms with Crippen LogP contribution in [-0.4, -0.2) is 38.0 Å². The maximum absolute atomic E-state index is 5.77. The van der Waals surface area contributed by atoms with Gasteiger partial charge in [-0.1, -0.05) is 13.3 Å². The number of ether oxygens (including phenoxy) is 4. The molecule has 4 heteroatoms. The average molecular weight is 244 g/mol. The molecular formula is C13H24O4. The van der Waals surface area contributed by atoms with E-state index in [4.69, 9.17) is 18.9 Å². The van der Waals surface area contributed by atoms with Gasteiger partial charge in [0.05, 0.1) is 25.9 Å². The average Bonchev–Trinajstić information content (AvgIpc) is 2.87. The van der Waals surface area contributed by atoms with Gasteiger partial charge < -0.3 is 18.9 Å². The zero-order valence-corrected chi connectivity index (χ0v) is 11.1. The van der Waals surface area contributed by atoms with Crippen molar-refractivity contribution in [3.05, 3.63) is 0 Å². The first-order valence-electron chi connectivity index (χ1n) is 6.62. The van der Waals surface area contributed by atoms with Gasteiger partial charge in [-0.25, -0.2) is 0 Å². The number of hydrogen-bond acceptors (Lipinski definition) is 4. The van der Waals surface area contributed by atoms with Gasteiger partial charge in [0.15, 0.2) is 12.1 Å². The van der Waals surface area contributed by atoms with Gasteiger partial charge in [-0.15, -0.1) is 0 Å². The van der Waals surface area contributed by atoms with Crippen LogP contribution in [0.4, 0.5) is 0 Å². The lowest BCUT2D eigenvalue weighted by atomic mass is 10.0. The van der Waals surface area contributed by atoms with Crippen LogP contribution in [0.3, 0.4) is 0 Å². The zero-order chi connectivity index (χ0) is 12.3. The minimum Gasteiger partial charge on any atom is -0.350 e. The molecule has 100 valence electrons. The molecule has 0 radical (unpaired) electrons. The van der Waals surface area contributed by atoms with Gasteiger partial charge in [-0.05, 0) is 26.7 Å². The third kappa shape index (κ3) is 3.91. The summed E-state index contributed by atoms with van der Waals surface area (Å²) in [7, 11) is 0. The van der Waals surface area contributed by atoms with Crippen LogP contribution < -0.4 is 0 Å². The Morgan fingerprint density at radius 1 is 1.24 bits per heavy atom. The smallest absolute Gasteiger partial charge is 0.163 e. The molecule has 0 bridgehead atoms. The maximum Gasteiger partial charge on any atom is 0.163 e. The largest absolute Gasteiger partial charge is 0.350 e. The summed E-state index contributed by atoms with van der Waals surface area (Å²) < 4.78 is 22.3. The van der Waals surface area contributed by atoms with Crippen molar-refractivity contribution in [1.82, 2.24) is 0 Å². The molecule has 1 unspecified atom stereocenters. The van der Waals surface area contributed by atoms with Crippen LogP contribution in [0.1, 0.15) is 40.0 Å². The third-order valence-corrected chi connectivity index (χ3v) is 3.37. The molecule has 0 spiro atoms. The lowest BCUT2D eigenvalue weighted by molar-refractivity contribution is -0.139. The normalized spacial score (nSPS) is 30.9. The maximum atomic E-state index is 5.77. The highest BCUT2D eigenvalue weighted by Crippen LogP contribution is 2.26. The number of rotatable bonds is 5. The monoisotopic (exact) mass is 244 g/mol. The second-order valence-corrected chi connectivity index (χ2v) is 5.47. The van der Waals surface area contributed by atoms with E-state index < -0.39 is 5.79 Å². The van der Waals surface area contributed by atoms with E-state index in [1.54, 1.807) is 0 Å². The second kappa shape index (κ2) is 5.65. The highest BCUT2D eigenvalue weighted by molar-refractivity contribution is 4.71. The van der Waals surface area contributed by atoms with Gasteiger partial charge in [-0.3, -0.25) is 0 Å². The van der Waals surface area contributed by atoms with E-state index in [-0.39, 0.29) is 12.4 Å². The molecule has 2 fully saturated rings.